The summed E-state index contributed by atoms with van der Waals surface area (Å²) in [5.41, 5.74) is 0. The molecule has 0 atom stereocenters. The van der Waals surface area contributed by atoms with E-state index >= 15 is 0 Å². The quantitative estimate of drug-likeness (QED) is 0.730. The van der Waals surface area contributed by atoms with Crippen molar-refractivity contribution < 1.29 is 4.42 Å². The van der Waals surface area contributed by atoms with Crippen molar-refractivity contribution in [1.29, 1.82) is 0 Å². The minimum atomic E-state index is 0.470. The fraction of sp³-hybridized carbons (Fsp3) is 0.765. The third-order valence-corrected chi connectivity index (χ3v) is 6.16. The second-order valence-electron chi connectivity index (χ2n) is 7.38. The molecular weight excluding hydrogens is 322 g/mol. The topological polar surface area (TPSA) is 69.6 Å². The van der Waals surface area contributed by atoms with E-state index in [0.29, 0.717) is 23.1 Å². The Hall–Kier alpha value is -1.37. The van der Waals surface area contributed by atoms with Gasteiger partial charge >= 0.3 is 0 Å². The molecule has 0 radical (unpaired) electrons. The van der Waals surface area contributed by atoms with Gasteiger partial charge in [0.1, 0.15) is 11.6 Å². The lowest BCUT2D eigenvalue weighted by Crippen LogP contribution is -2.04. The van der Waals surface area contributed by atoms with Gasteiger partial charge in [-0.3, -0.25) is 0 Å². The van der Waals surface area contributed by atoms with Gasteiger partial charge in [-0.1, -0.05) is 31.0 Å². The lowest BCUT2D eigenvalue weighted by Gasteiger charge is -2.17. The molecule has 3 fully saturated rings. The predicted molar refractivity (Wildman–Crippen MR) is 90.0 cm³/mol. The molecule has 3 saturated carbocycles. The summed E-state index contributed by atoms with van der Waals surface area (Å²) >= 11 is 1.60. The Kier molecular flexibility index (Phi) is 3.84. The molecule has 0 spiro atoms. The molecule has 2 heterocycles. The lowest BCUT2D eigenvalue weighted by molar-refractivity contribution is 0.334. The maximum absolute atomic E-state index is 5.91. The molecule has 2 aromatic rings. The van der Waals surface area contributed by atoms with E-state index in [4.69, 9.17) is 4.42 Å². The predicted octanol–water partition coefficient (Wildman–Crippen LogP) is 4.21. The van der Waals surface area contributed by atoms with Crippen LogP contribution in [0.2, 0.25) is 0 Å². The standard InChI is InChI=1S/C17H23N5OS/c1-2-4-12(5-3-1)16-20-21-17(23-16)24-10-14-18-19-15(11-6-7-11)22(14)13-8-9-13/h11-13H,1-10H2. The third kappa shape index (κ3) is 2.98. The number of rotatable bonds is 6. The fourth-order valence-electron chi connectivity index (χ4n) is 3.71. The van der Waals surface area contributed by atoms with Gasteiger partial charge in [-0.15, -0.1) is 20.4 Å². The molecule has 7 heteroatoms. The van der Waals surface area contributed by atoms with Crippen molar-refractivity contribution >= 4 is 11.8 Å². The largest absolute Gasteiger partial charge is 0.416 e. The Morgan fingerprint density at radius 2 is 1.71 bits per heavy atom. The fourth-order valence-corrected chi connectivity index (χ4v) is 4.40. The smallest absolute Gasteiger partial charge is 0.277 e. The highest BCUT2D eigenvalue weighted by Crippen LogP contribution is 2.45. The first kappa shape index (κ1) is 14.9. The number of aromatic nitrogens is 5. The van der Waals surface area contributed by atoms with Crippen molar-refractivity contribution in [2.45, 2.75) is 86.6 Å². The van der Waals surface area contributed by atoms with Crippen molar-refractivity contribution in [2.24, 2.45) is 0 Å². The second kappa shape index (κ2) is 6.17. The van der Waals surface area contributed by atoms with Crippen LogP contribution in [0.25, 0.3) is 0 Å². The number of nitrogens with zero attached hydrogens (tertiary/aromatic N) is 5. The first-order valence-electron chi connectivity index (χ1n) is 9.28. The van der Waals surface area contributed by atoms with Gasteiger partial charge in [0.2, 0.25) is 5.89 Å². The molecule has 0 N–H and O–H groups in total. The zero-order valence-corrected chi connectivity index (χ0v) is 14.7. The molecule has 0 aromatic carbocycles. The Balaban J connectivity index is 1.27. The molecule has 0 unspecified atom stereocenters. The van der Waals surface area contributed by atoms with E-state index in [1.54, 1.807) is 11.8 Å². The van der Waals surface area contributed by atoms with E-state index in [0.717, 1.165) is 17.5 Å². The Morgan fingerprint density at radius 1 is 0.875 bits per heavy atom. The van der Waals surface area contributed by atoms with Crippen LogP contribution in [-0.4, -0.2) is 25.0 Å². The minimum Gasteiger partial charge on any atom is -0.416 e. The lowest BCUT2D eigenvalue weighted by atomic mass is 9.89. The van der Waals surface area contributed by atoms with Gasteiger partial charge in [0, 0.05) is 17.9 Å². The van der Waals surface area contributed by atoms with E-state index in [1.807, 2.05) is 0 Å². The molecule has 128 valence electrons. The maximum Gasteiger partial charge on any atom is 0.277 e. The number of hydrogen-bond acceptors (Lipinski definition) is 6. The van der Waals surface area contributed by atoms with Gasteiger partial charge in [0.05, 0.1) is 5.75 Å². The second-order valence-corrected chi connectivity index (χ2v) is 8.31. The molecule has 3 aliphatic carbocycles. The Labute approximate surface area is 145 Å². The molecule has 6 nitrogen and oxygen atoms in total. The molecule has 0 bridgehead atoms. The summed E-state index contributed by atoms with van der Waals surface area (Å²) in [6.45, 7) is 0. The van der Waals surface area contributed by atoms with Gasteiger partial charge in [0.15, 0.2) is 0 Å². The van der Waals surface area contributed by atoms with Gasteiger partial charge in [-0.05, 0) is 38.5 Å². The summed E-state index contributed by atoms with van der Waals surface area (Å²) in [4.78, 5) is 0. The van der Waals surface area contributed by atoms with Gasteiger partial charge in [-0.2, -0.15) is 0 Å². The first-order chi connectivity index (χ1) is 11.9. The van der Waals surface area contributed by atoms with Crippen LogP contribution < -0.4 is 0 Å². The van der Waals surface area contributed by atoms with Crippen molar-refractivity contribution in [1.82, 2.24) is 25.0 Å². The van der Waals surface area contributed by atoms with Gasteiger partial charge in [0.25, 0.3) is 5.22 Å². The maximum atomic E-state index is 5.91. The average Bonchev–Trinajstić information content (AvgIpc) is 3.55. The molecule has 2 aromatic heterocycles. The van der Waals surface area contributed by atoms with Gasteiger partial charge in [-0.25, -0.2) is 0 Å². The zero-order chi connectivity index (χ0) is 15.9. The summed E-state index contributed by atoms with van der Waals surface area (Å²) in [7, 11) is 0. The average molecular weight is 345 g/mol. The van der Waals surface area contributed by atoms with Crippen LogP contribution in [0.4, 0.5) is 0 Å². The van der Waals surface area contributed by atoms with Crippen LogP contribution in [0.15, 0.2) is 9.64 Å². The molecule has 0 amide bonds. The molecular formula is C17H23N5OS. The summed E-state index contributed by atoms with van der Waals surface area (Å²) in [5, 5.41) is 18.1. The van der Waals surface area contributed by atoms with Crippen LogP contribution in [0.5, 0.6) is 0 Å². The summed E-state index contributed by atoms with van der Waals surface area (Å²) in [5.74, 6) is 5.00. The van der Waals surface area contributed by atoms with Crippen molar-refractivity contribution in [3.63, 3.8) is 0 Å². The van der Waals surface area contributed by atoms with E-state index in [1.165, 1.54) is 63.6 Å². The highest BCUT2D eigenvalue weighted by atomic mass is 32.2. The van der Waals surface area contributed by atoms with Crippen LogP contribution in [0.3, 0.4) is 0 Å². The van der Waals surface area contributed by atoms with E-state index in [2.05, 4.69) is 25.0 Å². The third-order valence-electron chi connectivity index (χ3n) is 5.35. The van der Waals surface area contributed by atoms with Crippen molar-refractivity contribution in [2.75, 3.05) is 0 Å². The van der Waals surface area contributed by atoms with Crippen LogP contribution in [0, 0.1) is 0 Å². The van der Waals surface area contributed by atoms with Crippen LogP contribution in [-0.2, 0) is 5.75 Å². The van der Waals surface area contributed by atoms with E-state index in [9.17, 15) is 0 Å². The van der Waals surface area contributed by atoms with Crippen molar-refractivity contribution in [3.8, 4) is 0 Å². The highest BCUT2D eigenvalue weighted by Gasteiger charge is 2.36. The summed E-state index contributed by atoms with van der Waals surface area (Å²) in [6.07, 6.45) is 11.4. The molecule has 5 rings (SSSR count). The molecule has 0 aliphatic heterocycles. The van der Waals surface area contributed by atoms with Crippen LogP contribution in [0.1, 0.15) is 93.2 Å². The zero-order valence-electron chi connectivity index (χ0n) is 13.9. The Morgan fingerprint density at radius 3 is 2.46 bits per heavy atom. The monoisotopic (exact) mass is 345 g/mol. The summed E-state index contributed by atoms with van der Waals surface area (Å²) < 4.78 is 8.30. The summed E-state index contributed by atoms with van der Waals surface area (Å²) in [6, 6.07) is 0.631. The normalized spacial score (nSPS) is 22.2. The van der Waals surface area contributed by atoms with E-state index in [-0.39, 0.29) is 0 Å². The number of hydrogen-bond donors (Lipinski definition) is 0. The number of thioether (sulfide) groups is 1. The molecule has 3 aliphatic rings. The SMILES string of the molecule is C1CCC(c2nnc(SCc3nnc(C4CC4)n3C3CC3)o2)CC1. The molecule has 0 saturated heterocycles. The van der Waals surface area contributed by atoms with E-state index < -0.39 is 0 Å². The van der Waals surface area contributed by atoms with Gasteiger partial charge < -0.3 is 8.98 Å². The Bertz CT molecular complexity index is 712. The van der Waals surface area contributed by atoms with Crippen LogP contribution >= 0.6 is 11.8 Å². The highest BCUT2D eigenvalue weighted by molar-refractivity contribution is 7.98. The first-order valence-corrected chi connectivity index (χ1v) is 10.3. The molecule has 24 heavy (non-hydrogen) atoms. The minimum absolute atomic E-state index is 0.470. The van der Waals surface area contributed by atoms with Crippen molar-refractivity contribution in [3.05, 3.63) is 17.5 Å².